The van der Waals surface area contributed by atoms with Gasteiger partial charge in [-0.3, -0.25) is 55.4 Å². The third-order valence-electron chi connectivity index (χ3n) is 17.1. The molecule has 128 heavy (non-hydrogen) atoms. The molecule has 4 aromatic rings. The van der Waals surface area contributed by atoms with Gasteiger partial charge in [-0.05, 0) is 179 Å². The number of hydrogen-bond acceptors (Lipinski definition) is 22. The van der Waals surface area contributed by atoms with Crippen LogP contribution < -0.4 is 51.8 Å². The predicted molar refractivity (Wildman–Crippen MR) is 494 cm³/mol. The molecule has 0 saturated carbocycles. The number of ketones is 2. The number of fused-ring (bicyclic) bond motifs is 2. The van der Waals surface area contributed by atoms with E-state index in [9.17, 15) is 62.5 Å². The second-order valence-electron chi connectivity index (χ2n) is 27.9. The Morgan fingerprint density at radius 2 is 1.07 bits per heavy atom. The van der Waals surface area contributed by atoms with Gasteiger partial charge in [-0.1, -0.05) is 142 Å². The molecule has 0 spiro atoms. The van der Waals surface area contributed by atoms with Crippen LogP contribution in [0.1, 0.15) is 138 Å². The van der Waals surface area contributed by atoms with Crippen LogP contribution in [-0.2, 0) is 242 Å². The average molecular weight is 2600 g/mol. The van der Waals surface area contributed by atoms with Gasteiger partial charge < -0.3 is 101 Å². The summed E-state index contributed by atoms with van der Waals surface area (Å²) in [6, 6.07) is 21.4. The van der Waals surface area contributed by atoms with Crippen molar-refractivity contribution in [3.8, 4) is 0 Å². The van der Waals surface area contributed by atoms with Gasteiger partial charge in [0.15, 0.2) is 45.4 Å². The molecule has 31 nitrogen and oxygen atoms in total. The Morgan fingerprint density at radius 3 is 1.37 bits per heavy atom. The zero-order valence-electron chi connectivity index (χ0n) is 74.8. The molecule has 0 aromatic heterocycles. The van der Waals surface area contributed by atoms with Crippen molar-refractivity contribution in [3.05, 3.63) is 181 Å². The molecule has 692 valence electrons. The minimum Gasteiger partial charge on any atom is -0.399 e. The molecular formula is C81H110BBr6ClFN11NaO20SY5-2. The first kappa shape index (κ1) is 148. The molecule has 8 atom stereocenters. The Balaban J connectivity index is -0.000000133. The topological polar surface area (TPSA) is 484 Å². The largest absolute Gasteiger partial charge is 1.00 e. The Labute approximate surface area is 964 Å². The SMILES string of the molecule is Br.C=C(C)C(=O)Cl.C=C(C)C(=O)N1CCC[C@@H]1C(=O)O.C[C@@]1(CBr)OC(=O)[C@H]2CCCN2C1=O.C[C@](O)(CBr)C(=O)O.C[C@](O)(CBr)C(=O)O.Cc1[c-]c2c([c-]c1C)CNCC2.N[N-]O.O=C(O)[C@H]1CCCN1.[2H]CF.[B]=NS.[C-]#[N+]c1ccc(CC(=O)[C@@](C)(O)CBr)cc1C.[C-]#[N+]c1ccc(CC(=O)[C@@](C)(O)CBr)cc1C.[C-]#[N+]c1ccc(N)cc1C.[Na+].[Y].[Y].[Y].[Y].[Y]. The molecule has 4 aromatic carbocycles. The van der Waals surface area contributed by atoms with E-state index in [4.69, 9.17) is 79.0 Å². The number of nitrogen functional groups attached to an aromatic ring is 1. The van der Waals surface area contributed by atoms with Crippen LogP contribution in [0, 0.1) is 66.5 Å². The molecule has 5 aliphatic heterocycles. The van der Waals surface area contributed by atoms with Crippen LogP contribution in [0.5, 0.6) is 0 Å². The average Bonchev–Trinajstić information content (AvgIpc) is 1.68. The van der Waals surface area contributed by atoms with Crippen molar-refractivity contribution >= 4 is 210 Å². The summed E-state index contributed by atoms with van der Waals surface area (Å²) < 4.78 is 23.4. The number of thiol groups is 1. The number of esters is 1. The number of halogens is 8. The fraction of sp³-hybridized carbons (Fsp3) is 0.494. The third-order valence-corrected chi connectivity index (χ3v) is 22.9. The summed E-state index contributed by atoms with van der Waals surface area (Å²) in [5.74, 6) is -1.09. The van der Waals surface area contributed by atoms with Crippen LogP contribution in [0.2, 0.25) is 0 Å². The normalized spacial score (nSPS) is 16.8. The van der Waals surface area contributed by atoms with E-state index < -0.39 is 70.3 Å². The van der Waals surface area contributed by atoms with E-state index in [1.54, 1.807) is 68.1 Å². The Hall–Kier alpha value is -0.596. The molecule has 9 rings (SSSR count). The number of Topliss-reactive ketones (excluding diaryl/α,β-unsaturated/α-hetero) is 2. The number of aryl methyl sites for hydroxylation is 5. The standard InChI is InChI=1S/2C13H14BrNO2.C11H13N.C9H12BrNO3.C9H13NO3.C8H8N2.C5H9NO2.2C4H7BrO3.C4H5ClO.CH3F.BHNS.BrH.H3N2O.Na.5Y/c2*1-9-6-10(4-5-11(9)15-3)7-12(16)13(2,17)8-14;1-8-5-10-3-4-12-7-11(10)6-9(8)2;1-9(5-10)8(13)11-4-2-3-6(11)7(12)14-9;1-6(2)8(11)10-5-3-4-7(10)9(12)13;1-6-5-7(9)3-4-8(6)10-2;7-5(8)4-2-1-3-6-4;2*1-4(8,2-5)3(6)7;1-3(2)4(5)6;1-2;1-2-3;;1-2-3;;;;;;/h2*4-6,17H,7-8H2,1-2H3;12H,3-4,7H2,1-2H3;6H,2-5H2,1H3;7H,1,3-5H2,2H3,(H,12,13);3-5H,9H2,1H3;4,6H,1-3H2,(H,7,8);2*8H,2H2,1H3,(H,6,7);1H2,2H3;1H3;3H;1H;3H,1H2;;;;;;/q;;-2;;;;;;;;;;;-1;+1;;;;;/t2*13-;;6-,9+;7-;;3*4-;;;;;;;;;;;/m00.11.100.........../s1/i;;;;;;;;;;1D;;;;;;;;;. The maximum atomic E-state index is 11.9. The van der Waals surface area contributed by atoms with Crippen molar-refractivity contribution in [1.82, 2.24) is 20.4 Å². The number of carbonyl (C=O) groups is 10. The number of amides is 2. The van der Waals surface area contributed by atoms with E-state index >= 15 is 0 Å². The Kier molecular flexibility index (Phi) is 92.6. The number of morpholine rings is 1. The number of aliphatic hydroxyl groups is 4. The molecule has 5 heterocycles. The number of anilines is 1. The number of hydrogen-bond donors (Lipinski definition) is 14. The second kappa shape index (κ2) is 80.2. The van der Waals surface area contributed by atoms with E-state index in [0.29, 0.717) is 58.7 Å². The molecule has 6 radical (unpaired) electrons. The number of nitrogens with one attached hydrogen (secondary N) is 2. The van der Waals surface area contributed by atoms with Gasteiger partial charge in [0, 0.05) is 228 Å². The molecular weight excluding hydrogens is 2490 g/mol. The van der Waals surface area contributed by atoms with Gasteiger partial charge in [-0.15, -0.1) is 30.8 Å². The predicted octanol–water partition coefficient (Wildman–Crippen LogP) is 10.2. The van der Waals surface area contributed by atoms with E-state index in [-0.39, 0.29) is 286 Å². The smallest absolute Gasteiger partial charge is 0.399 e. The number of nitrogens with two attached hydrogens (primary N) is 2. The number of rotatable bonds is 17. The number of nitrogens with zero attached hydrogens (tertiary/aromatic N) is 7. The van der Waals surface area contributed by atoms with Gasteiger partial charge in [0.2, 0.25) is 11.1 Å². The molecule has 4 saturated heterocycles. The van der Waals surface area contributed by atoms with Crippen molar-refractivity contribution in [3.63, 3.8) is 0 Å². The summed E-state index contributed by atoms with van der Waals surface area (Å²) in [6.45, 7) is 51.5. The first-order chi connectivity index (χ1) is 56.6. The minimum absolute atomic E-state index is 0. The zero-order valence-corrected chi connectivity index (χ0v) is 101. The van der Waals surface area contributed by atoms with Crippen LogP contribution in [0.15, 0.2) is 83.2 Å². The summed E-state index contributed by atoms with van der Waals surface area (Å²) >= 11 is 23.2. The van der Waals surface area contributed by atoms with Crippen LogP contribution in [0.4, 0.5) is 27.1 Å². The van der Waals surface area contributed by atoms with Gasteiger partial charge >= 0.3 is 84.2 Å². The number of aliphatic carboxylic acids is 4. The maximum Gasteiger partial charge on any atom is 1.00 e. The van der Waals surface area contributed by atoms with Gasteiger partial charge in [0.1, 0.15) is 29.3 Å². The summed E-state index contributed by atoms with van der Waals surface area (Å²) in [6.07, 6.45) is 6.19. The summed E-state index contributed by atoms with van der Waals surface area (Å²) in [5, 5.41) is 84.1. The van der Waals surface area contributed by atoms with Crippen molar-refractivity contribution in [2.75, 3.05) is 65.7 Å². The number of carbonyl (C=O) groups excluding carboxylic acids is 6. The van der Waals surface area contributed by atoms with Crippen LogP contribution >= 0.6 is 121 Å². The van der Waals surface area contributed by atoms with Gasteiger partial charge in [-0.2, -0.15) is 0 Å². The van der Waals surface area contributed by atoms with Crippen LogP contribution in [-0.4, -0.2) is 228 Å². The number of cyclic esters (lactones) is 1. The van der Waals surface area contributed by atoms with Gasteiger partial charge in [0.05, 0.1) is 33.6 Å². The van der Waals surface area contributed by atoms with Crippen molar-refractivity contribution in [1.29, 1.82) is 0 Å². The fourth-order valence-electron chi connectivity index (χ4n) is 9.69. The van der Waals surface area contributed by atoms with Crippen molar-refractivity contribution in [2.45, 2.75) is 194 Å². The van der Waals surface area contributed by atoms with Crippen molar-refractivity contribution < 1.29 is 298 Å². The third kappa shape index (κ3) is 59.6. The Bertz CT molecular complexity index is 4150. The minimum atomic E-state index is -1.62. The monoisotopic (exact) mass is 2600 g/mol. The van der Waals surface area contributed by atoms with E-state index in [1.165, 1.54) is 54.8 Å². The first-order valence-corrected chi connectivity index (χ1v) is 42.6. The Morgan fingerprint density at radius 1 is 0.695 bits per heavy atom. The number of carboxylic acid groups (broad SMARTS) is 4. The summed E-state index contributed by atoms with van der Waals surface area (Å²) in [7, 11) is 3.34. The van der Waals surface area contributed by atoms with Crippen LogP contribution in [0.25, 0.3) is 20.1 Å². The van der Waals surface area contributed by atoms with Crippen molar-refractivity contribution in [2.24, 2.45) is 10.1 Å². The van der Waals surface area contributed by atoms with E-state index in [1.807, 2.05) is 38.5 Å². The number of ether oxygens (including phenoxy) is 1. The molecule has 0 unspecified atom stereocenters. The van der Waals surface area contributed by atoms with Crippen LogP contribution in [0.3, 0.4) is 0 Å². The van der Waals surface area contributed by atoms with E-state index in [2.05, 4.69) is 175 Å². The zero-order chi connectivity index (χ0) is 95.4. The molecule has 2 amide bonds. The molecule has 0 aliphatic carbocycles. The number of allylic oxidation sites excluding steroid dienone is 1. The number of carboxylic acids is 4. The molecule has 4 fully saturated rings. The number of likely N-dealkylation sites (tertiary alicyclic amines) is 1. The maximum absolute atomic E-state index is 11.9. The van der Waals surface area contributed by atoms with Gasteiger partial charge in [-0.25, -0.2) is 33.7 Å². The summed E-state index contributed by atoms with van der Waals surface area (Å²) in [4.78, 5) is 122. The number of benzene rings is 4. The quantitative estimate of drug-likeness (QED) is 0.00446. The number of alkyl halides is 6. The fourth-order valence-corrected chi connectivity index (χ4v) is 11.2. The molecule has 0 bridgehead atoms. The second-order valence-corrected chi connectivity index (χ2v) is 31.3. The summed E-state index contributed by atoms with van der Waals surface area (Å²) in [5.41, 5.74) is 13.3. The molecule has 15 N–H and O–H groups in total. The first-order valence-electron chi connectivity index (χ1n) is 36.9. The molecule has 47 heteroatoms. The van der Waals surface area contributed by atoms with Gasteiger partial charge in [0.25, 0.3) is 5.91 Å². The molecule has 5 aliphatic rings. The van der Waals surface area contributed by atoms with E-state index in [0.717, 1.165) is 86.0 Å².